The van der Waals surface area contributed by atoms with Crippen LogP contribution in [0.3, 0.4) is 0 Å². The number of carbonyl (C=O) groups is 1. The molecule has 0 aromatic heterocycles. The van der Waals surface area contributed by atoms with Gasteiger partial charge in [0.15, 0.2) is 0 Å². The van der Waals surface area contributed by atoms with Crippen LogP contribution in [0.15, 0.2) is 28.7 Å². The van der Waals surface area contributed by atoms with E-state index in [-0.39, 0.29) is 12.5 Å². The van der Waals surface area contributed by atoms with Gasteiger partial charge in [-0.15, -0.1) is 0 Å². The molecule has 0 spiro atoms. The minimum absolute atomic E-state index is 0.103. The molecule has 0 saturated heterocycles. The number of nitrogens with one attached hydrogen (secondary N) is 1. The number of hydrogen-bond donors (Lipinski definition) is 3. The van der Waals surface area contributed by atoms with Crippen LogP contribution in [0.5, 0.6) is 0 Å². The van der Waals surface area contributed by atoms with Crippen molar-refractivity contribution in [3.05, 3.63) is 34.3 Å². The SMILES string of the molecule is CC[C@](O)(CNC(=O)C1(O)CCC1)c1ccc(Br)cc1. The number of benzene rings is 1. The van der Waals surface area contributed by atoms with Gasteiger partial charge in [0, 0.05) is 4.47 Å². The molecule has 0 heterocycles. The minimum atomic E-state index is -1.23. The summed E-state index contributed by atoms with van der Waals surface area (Å²) in [6, 6.07) is 7.38. The lowest BCUT2D eigenvalue weighted by Crippen LogP contribution is -2.54. The molecule has 3 N–H and O–H groups in total. The summed E-state index contributed by atoms with van der Waals surface area (Å²) < 4.78 is 0.938. The van der Waals surface area contributed by atoms with Gasteiger partial charge in [0.2, 0.25) is 0 Å². The Morgan fingerprint density at radius 3 is 2.45 bits per heavy atom. The Morgan fingerprint density at radius 2 is 2.00 bits per heavy atom. The van der Waals surface area contributed by atoms with E-state index >= 15 is 0 Å². The molecule has 1 amide bonds. The van der Waals surface area contributed by atoms with Crippen molar-refractivity contribution in [2.45, 2.75) is 43.8 Å². The van der Waals surface area contributed by atoms with Gasteiger partial charge >= 0.3 is 0 Å². The summed E-state index contributed by atoms with van der Waals surface area (Å²) in [5.41, 5.74) is -1.59. The summed E-state index contributed by atoms with van der Waals surface area (Å²) in [6.45, 7) is 1.97. The van der Waals surface area contributed by atoms with Gasteiger partial charge in [0.1, 0.15) is 11.2 Å². The number of aliphatic hydroxyl groups is 2. The van der Waals surface area contributed by atoms with Gasteiger partial charge in [-0.1, -0.05) is 35.0 Å². The van der Waals surface area contributed by atoms with Crippen molar-refractivity contribution in [3.8, 4) is 0 Å². The molecule has 1 saturated carbocycles. The van der Waals surface area contributed by atoms with Crippen LogP contribution in [0.4, 0.5) is 0 Å². The second-order valence-electron chi connectivity index (χ2n) is 5.46. The van der Waals surface area contributed by atoms with Crippen LogP contribution in [0.2, 0.25) is 0 Å². The fraction of sp³-hybridized carbons (Fsp3) is 0.533. The largest absolute Gasteiger partial charge is 0.383 e. The fourth-order valence-corrected chi connectivity index (χ4v) is 2.59. The first-order chi connectivity index (χ1) is 9.39. The summed E-state index contributed by atoms with van der Waals surface area (Å²) in [5, 5.41) is 23.3. The van der Waals surface area contributed by atoms with Crippen molar-refractivity contribution in [2.24, 2.45) is 0 Å². The van der Waals surface area contributed by atoms with E-state index in [1.807, 2.05) is 31.2 Å². The number of halogens is 1. The Balaban J connectivity index is 2.04. The van der Waals surface area contributed by atoms with E-state index in [2.05, 4.69) is 21.2 Å². The smallest absolute Gasteiger partial charge is 0.252 e. The van der Waals surface area contributed by atoms with Crippen LogP contribution >= 0.6 is 15.9 Å². The number of rotatable bonds is 5. The van der Waals surface area contributed by atoms with Gasteiger partial charge in [0.05, 0.1) is 6.54 Å². The summed E-state index contributed by atoms with van der Waals surface area (Å²) in [4.78, 5) is 11.9. The molecule has 0 aliphatic heterocycles. The highest BCUT2D eigenvalue weighted by Crippen LogP contribution is 2.32. The highest BCUT2D eigenvalue weighted by Gasteiger charge is 2.42. The van der Waals surface area contributed by atoms with Gasteiger partial charge in [-0.05, 0) is 43.4 Å². The highest BCUT2D eigenvalue weighted by molar-refractivity contribution is 9.10. The average Bonchev–Trinajstić information content (AvgIpc) is 2.42. The average molecular weight is 342 g/mol. The van der Waals surface area contributed by atoms with Crippen LogP contribution in [0.1, 0.15) is 38.2 Å². The van der Waals surface area contributed by atoms with Crippen LogP contribution in [0, 0.1) is 0 Å². The Bertz CT molecular complexity index is 484. The molecule has 0 radical (unpaired) electrons. The molecule has 20 heavy (non-hydrogen) atoms. The van der Waals surface area contributed by atoms with Crippen molar-refractivity contribution in [3.63, 3.8) is 0 Å². The van der Waals surface area contributed by atoms with Crippen molar-refractivity contribution >= 4 is 21.8 Å². The second kappa shape index (κ2) is 5.84. The fourth-order valence-electron chi connectivity index (χ4n) is 2.32. The van der Waals surface area contributed by atoms with Gasteiger partial charge in [-0.3, -0.25) is 4.79 Å². The molecule has 0 unspecified atom stereocenters. The third kappa shape index (κ3) is 3.05. The van der Waals surface area contributed by atoms with Crippen molar-refractivity contribution in [1.29, 1.82) is 0 Å². The molecule has 0 bridgehead atoms. The summed E-state index contributed by atoms with van der Waals surface area (Å²) in [5.74, 6) is -0.382. The molecule has 2 rings (SSSR count). The van der Waals surface area contributed by atoms with E-state index in [0.29, 0.717) is 19.3 Å². The predicted octanol–water partition coefficient (Wildman–Crippen LogP) is 2.08. The van der Waals surface area contributed by atoms with Gasteiger partial charge in [0.25, 0.3) is 5.91 Å². The minimum Gasteiger partial charge on any atom is -0.383 e. The standard InChI is InChI=1S/C15H20BrNO3/c1-2-14(19,11-4-6-12(16)7-5-11)10-17-13(18)15(20)8-3-9-15/h4-7,19-20H,2-3,8-10H2,1H3,(H,17,18)/t14-/m0/s1. The van der Waals surface area contributed by atoms with Crippen molar-refractivity contribution in [1.82, 2.24) is 5.32 Å². The molecular weight excluding hydrogens is 322 g/mol. The lowest BCUT2D eigenvalue weighted by atomic mass is 9.79. The van der Waals surface area contributed by atoms with Gasteiger partial charge in [-0.25, -0.2) is 0 Å². The first-order valence-corrected chi connectivity index (χ1v) is 7.68. The maximum Gasteiger partial charge on any atom is 0.252 e. The number of carbonyl (C=O) groups excluding carboxylic acids is 1. The molecule has 1 aliphatic rings. The Hall–Kier alpha value is -0.910. The first kappa shape index (κ1) is 15.5. The maximum absolute atomic E-state index is 11.9. The zero-order valence-corrected chi connectivity index (χ0v) is 13.1. The van der Waals surface area contributed by atoms with Crippen LogP contribution in [-0.4, -0.2) is 28.3 Å². The van der Waals surface area contributed by atoms with Crippen LogP contribution in [0.25, 0.3) is 0 Å². The van der Waals surface area contributed by atoms with Crippen LogP contribution in [-0.2, 0) is 10.4 Å². The molecule has 5 heteroatoms. The highest BCUT2D eigenvalue weighted by atomic mass is 79.9. The molecule has 1 fully saturated rings. The lowest BCUT2D eigenvalue weighted by Gasteiger charge is -2.36. The van der Waals surface area contributed by atoms with E-state index < -0.39 is 11.2 Å². The zero-order valence-electron chi connectivity index (χ0n) is 11.5. The van der Waals surface area contributed by atoms with Crippen molar-refractivity contribution in [2.75, 3.05) is 6.54 Å². The molecule has 1 aromatic carbocycles. The Morgan fingerprint density at radius 1 is 1.40 bits per heavy atom. The Labute approximate surface area is 127 Å². The summed E-state index contributed by atoms with van der Waals surface area (Å²) in [6.07, 6.45) is 2.35. The third-order valence-corrected chi connectivity index (χ3v) is 4.64. The summed E-state index contributed by atoms with van der Waals surface area (Å²) in [7, 11) is 0. The van der Waals surface area contributed by atoms with Gasteiger partial charge in [-0.2, -0.15) is 0 Å². The molecule has 1 aliphatic carbocycles. The summed E-state index contributed by atoms with van der Waals surface area (Å²) >= 11 is 3.35. The molecule has 110 valence electrons. The number of amides is 1. The molecule has 4 nitrogen and oxygen atoms in total. The van der Waals surface area contributed by atoms with E-state index in [1.165, 1.54) is 0 Å². The predicted molar refractivity (Wildman–Crippen MR) is 80.1 cm³/mol. The van der Waals surface area contributed by atoms with E-state index in [9.17, 15) is 15.0 Å². The van der Waals surface area contributed by atoms with Gasteiger partial charge < -0.3 is 15.5 Å². The normalized spacial score (nSPS) is 19.8. The van der Waals surface area contributed by atoms with Crippen molar-refractivity contribution < 1.29 is 15.0 Å². The van der Waals surface area contributed by atoms with E-state index in [4.69, 9.17) is 0 Å². The molecule has 1 aromatic rings. The maximum atomic E-state index is 11.9. The lowest BCUT2D eigenvalue weighted by molar-refractivity contribution is -0.149. The monoisotopic (exact) mass is 341 g/mol. The van der Waals surface area contributed by atoms with E-state index in [1.54, 1.807) is 0 Å². The topological polar surface area (TPSA) is 69.6 Å². The molecule has 1 atom stereocenters. The van der Waals surface area contributed by atoms with Crippen LogP contribution < -0.4 is 5.32 Å². The second-order valence-corrected chi connectivity index (χ2v) is 6.38. The first-order valence-electron chi connectivity index (χ1n) is 6.89. The van der Waals surface area contributed by atoms with E-state index in [0.717, 1.165) is 16.5 Å². The number of hydrogen-bond acceptors (Lipinski definition) is 3. The molecular formula is C15H20BrNO3. The Kier molecular flexibility index (Phi) is 4.52. The zero-order chi connectivity index (χ0) is 14.8. The quantitative estimate of drug-likeness (QED) is 0.767. The third-order valence-electron chi connectivity index (χ3n) is 4.11.